The zero-order valence-corrected chi connectivity index (χ0v) is 21.6. The van der Waals surface area contributed by atoms with Gasteiger partial charge in [-0.3, -0.25) is 4.79 Å². The molecule has 1 aliphatic rings. The number of fused-ring (bicyclic) bond motifs is 2. The van der Waals surface area contributed by atoms with Crippen molar-refractivity contribution in [3.8, 4) is 11.5 Å². The van der Waals surface area contributed by atoms with Crippen molar-refractivity contribution in [1.82, 2.24) is 15.2 Å². The first-order valence-electron chi connectivity index (χ1n) is 13.1. The van der Waals surface area contributed by atoms with Crippen molar-refractivity contribution in [3.05, 3.63) is 56.7 Å². The van der Waals surface area contributed by atoms with Gasteiger partial charge in [0.2, 0.25) is 0 Å². The van der Waals surface area contributed by atoms with Crippen molar-refractivity contribution >= 4 is 21.6 Å². The number of aromatic nitrogens is 1. The molecule has 0 amide bonds. The van der Waals surface area contributed by atoms with Crippen LogP contribution in [0.1, 0.15) is 62.1 Å². The third-order valence-corrected chi connectivity index (χ3v) is 8.04. The first kappa shape index (κ1) is 25.7. The highest BCUT2D eigenvalue weighted by Gasteiger charge is 2.26. The van der Waals surface area contributed by atoms with Gasteiger partial charge in [-0.05, 0) is 100 Å². The molecule has 1 aromatic heterocycles. The van der Waals surface area contributed by atoms with E-state index in [9.17, 15) is 15.0 Å². The highest BCUT2D eigenvalue weighted by atomic mass is 32.1. The molecule has 1 aliphatic carbocycles. The molecule has 1 unspecified atom stereocenters. The fourth-order valence-electron chi connectivity index (χ4n) is 5.30. The van der Waals surface area contributed by atoms with Crippen molar-refractivity contribution in [2.45, 2.75) is 70.8 Å². The Labute approximate surface area is 212 Å². The van der Waals surface area contributed by atoms with Crippen LogP contribution in [0.2, 0.25) is 0 Å². The van der Waals surface area contributed by atoms with Crippen LogP contribution in [0, 0.1) is 0 Å². The highest BCUT2D eigenvalue weighted by Crippen LogP contribution is 2.36. The van der Waals surface area contributed by atoms with E-state index in [2.05, 4.69) is 34.3 Å². The third kappa shape index (κ3) is 6.87. The molecule has 0 aliphatic heterocycles. The Bertz CT molecular complexity index is 1160. The van der Waals surface area contributed by atoms with Crippen molar-refractivity contribution in [2.24, 2.45) is 0 Å². The van der Waals surface area contributed by atoms with Crippen LogP contribution in [0.3, 0.4) is 0 Å². The van der Waals surface area contributed by atoms with Crippen LogP contribution in [0.4, 0.5) is 0 Å². The zero-order chi connectivity index (χ0) is 24.6. The van der Waals surface area contributed by atoms with Gasteiger partial charge in [0.1, 0.15) is 0 Å². The molecular weight excluding hydrogens is 458 g/mol. The van der Waals surface area contributed by atoms with Crippen LogP contribution >= 0.6 is 11.3 Å². The van der Waals surface area contributed by atoms with Crippen LogP contribution in [0.15, 0.2) is 35.1 Å². The minimum absolute atomic E-state index is 0.000301. The summed E-state index contributed by atoms with van der Waals surface area (Å²) < 4.78 is 1.04. The van der Waals surface area contributed by atoms with Gasteiger partial charge >= 0.3 is 4.87 Å². The van der Waals surface area contributed by atoms with Gasteiger partial charge in [-0.15, -0.1) is 0 Å². The van der Waals surface area contributed by atoms with Crippen LogP contribution in [0.5, 0.6) is 11.5 Å². The molecule has 3 aromatic rings. The summed E-state index contributed by atoms with van der Waals surface area (Å²) in [6.45, 7) is 6.52. The third-order valence-electron chi connectivity index (χ3n) is 7.19. The molecule has 1 atom stereocenters. The summed E-state index contributed by atoms with van der Waals surface area (Å²) >= 11 is 1.28. The molecule has 4 N–H and O–H groups in total. The number of nitrogens with one attached hydrogen (secondary N) is 2. The summed E-state index contributed by atoms with van der Waals surface area (Å²) in [5, 5.41) is 23.5. The number of phenols is 2. The number of aromatic hydroxyl groups is 2. The molecule has 190 valence electrons. The average molecular weight is 498 g/mol. The van der Waals surface area contributed by atoms with E-state index in [0.29, 0.717) is 6.04 Å². The molecule has 0 bridgehead atoms. The summed E-state index contributed by atoms with van der Waals surface area (Å²) in [7, 11) is 0. The fourth-order valence-corrected chi connectivity index (χ4v) is 6.10. The number of benzene rings is 2. The molecule has 0 saturated carbocycles. The van der Waals surface area contributed by atoms with Gasteiger partial charge in [-0.1, -0.05) is 43.2 Å². The topological polar surface area (TPSA) is 88.6 Å². The Kier molecular flexibility index (Phi) is 9.24. The van der Waals surface area contributed by atoms with Crippen LogP contribution < -0.4 is 10.2 Å². The maximum Gasteiger partial charge on any atom is 0.305 e. The van der Waals surface area contributed by atoms with Crippen molar-refractivity contribution in [2.75, 3.05) is 26.2 Å². The predicted molar refractivity (Wildman–Crippen MR) is 145 cm³/mol. The molecule has 7 heteroatoms. The first-order chi connectivity index (χ1) is 17.0. The summed E-state index contributed by atoms with van der Waals surface area (Å²) in [6, 6.07) is 10.4. The summed E-state index contributed by atoms with van der Waals surface area (Å²) in [5.41, 5.74) is 4.33. The van der Waals surface area contributed by atoms with E-state index in [0.717, 1.165) is 74.1 Å². The van der Waals surface area contributed by atoms with E-state index in [1.54, 1.807) is 6.07 Å². The SMILES string of the molecule is CCCN(CCCCCCNCCc1ccc2[nH]c(=O)sc2c1)C1CCc2c(ccc(O)c2O)C1. The smallest absolute Gasteiger partial charge is 0.305 e. The molecule has 0 saturated heterocycles. The summed E-state index contributed by atoms with van der Waals surface area (Å²) in [4.78, 5) is 17.0. The van der Waals surface area contributed by atoms with Crippen molar-refractivity contribution in [3.63, 3.8) is 0 Å². The van der Waals surface area contributed by atoms with Crippen molar-refractivity contribution < 1.29 is 10.2 Å². The lowest BCUT2D eigenvalue weighted by Gasteiger charge is -2.35. The van der Waals surface area contributed by atoms with Crippen LogP contribution in [0.25, 0.3) is 10.2 Å². The standard InChI is InChI=1S/C28H39N3O3S/c1-2-16-31(22-9-10-23-21(19-22)8-12-25(32)27(23)33)17-6-4-3-5-14-29-15-13-20-7-11-24-26(18-20)35-28(34)30-24/h7-8,11-12,18,22,29,32-33H,2-6,9-10,13-17,19H2,1H3,(H,30,34). The molecule has 1 heterocycles. The average Bonchev–Trinajstić information content (AvgIpc) is 3.23. The lowest BCUT2D eigenvalue weighted by atomic mass is 9.86. The van der Waals surface area contributed by atoms with E-state index in [-0.39, 0.29) is 16.4 Å². The molecule has 0 fully saturated rings. The van der Waals surface area contributed by atoms with E-state index in [1.165, 1.54) is 48.1 Å². The molecule has 2 aromatic carbocycles. The van der Waals surface area contributed by atoms with E-state index >= 15 is 0 Å². The van der Waals surface area contributed by atoms with Gasteiger partial charge in [-0.2, -0.15) is 0 Å². The normalized spacial score (nSPS) is 15.7. The van der Waals surface area contributed by atoms with Gasteiger partial charge < -0.3 is 25.4 Å². The van der Waals surface area contributed by atoms with Gasteiger partial charge in [0.25, 0.3) is 0 Å². The highest BCUT2D eigenvalue weighted by molar-refractivity contribution is 7.16. The second-order valence-corrected chi connectivity index (χ2v) is 10.8. The predicted octanol–water partition coefficient (Wildman–Crippen LogP) is 4.96. The Morgan fingerprint density at radius 2 is 1.94 bits per heavy atom. The largest absolute Gasteiger partial charge is 0.504 e. The Morgan fingerprint density at radius 1 is 1.09 bits per heavy atom. The maximum atomic E-state index is 11.5. The lowest BCUT2D eigenvalue weighted by Crippen LogP contribution is -2.40. The molecule has 4 rings (SSSR count). The van der Waals surface area contributed by atoms with Gasteiger partial charge in [0.05, 0.1) is 10.2 Å². The molecule has 0 radical (unpaired) electrons. The number of unbranched alkanes of at least 4 members (excludes halogenated alkanes) is 3. The molecule has 35 heavy (non-hydrogen) atoms. The number of rotatable bonds is 13. The monoisotopic (exact) mass is 497 g/mol. The maximum absolute atomic E-state index is 11.5. The number of thiazole rings is 1. The Balaban J connectivity index is 1.11. The molecule has 0 spiro atoms. The zero-order valence-electron chi connectivity index (χ0n) is 20.8. The minimum Gasteiger partial charge on any atom is -0.504 e. The fraction of sp³-hybridized carbons (Fsp3) is 0.536. The number of H-pyrrole nitrogens is 1. The van der Waals surface area contributed by atoms with E-state index in [4.69, 9.17) is 0 Å². The Morgan fingerprint density at radius 3 is 2.80 bits per heavy atom. The van der Waals surface area contributed by atoms with Gasteiger partial charge in [0.15, 0.2) is 11.5 Å². The number of aromatic amines is 1. The summed E-state index contributed by atoms with van der Waals surface area (Å²) in [6.07, 6.45) is 9.91. The van der Waals surface area contributed by atoms with Gasteiger partial charge in [0, 0.05) is 11.6 Å². The minimum atomic E-state index is -0.000301. The van der Waals surface area contributed by atoms with Crippen LogP contribution in [-0.4, -0.2) is 52.3 Å². The number of hydrogen-bond donors (Lipinski definition) is 4. The summed E-state index contributed by atoms with van der Waals surface area (Å²) in [5.74, 6) is 0.0799. The second kappa shape index (κ2) is 12.6. The van der Waals surface area contributed by atoms with E-state index in [1.807, 2.05) is 12.1 Å². The Hall–Kier alpha value is -2.35. The lowest BCUT2D eigenvalue weighted by molar-refractivity contribution is 0.175. The van der Waals surface area contributed by atoms with Gasteiger partial charge in [-0.25, -0.2) is 0 Å². The molecule has 6 nitrogen and oxygen atoms in total. The number of phenolic OH excluding ortho intramolecular Hbond substituents is 2. The second-order valence-electron chi connectivity index (χ2n) is 9.76. The van der Waals surface area contributed by atoms with Crippen LogP contribution in [-0.2, 0) is 19.3 Å². The van der Waals surface area contributed by atoms with Crippen molar-refractivity contribution in [1.29, 1.82) is 0 Å². The number of nitrogens with zero attached hydrogens (tertiary/aromatic N) is 1. The molecular formula is C28H39N3O3S. The van der Waals surface area contributed by atoms with E-state index < -0.39 is 0 Å². The quantitative estimate of drug-likeness (QED) is 0.198. The number of hydrogen-bond acceptors (Lipinski definition) is 6. The first-order valence-corrected chi connectivity index (χ1v) is 14.0.